The lowest BCUT2D eigenvalue weighted by atomic mass is 9.90. The summed E-state index contributed by atoms with van der Waals surface area (Å²) in [5.74, 6) is -1.94. The lowest BCUT2D eigenvalue weighted by Gasteiger charge is -2.36. The first-order valence-electron chi connectivity index (χ1n) is 7.86. The maximum atomic E-state index is 12.3. The number of rotatable bonds is 4. The molecular weight excluding hydrogens is 284 g/mol. The number of carboxylic acids is 1. The Bertz CT molecular complexity index is 442. The SMILES string of the molecule is CC(NC(=O)C1CCCN(C(=O)C(C)(C)C)C1)C(C)C(=O)O. The van der Waals surface area contributed by atoms with Crippen LogP contribution in [0.25, 0.3) is 0 Å². The average Bonchev–Trinajstić information content (AvgIpc) is 2.44. The molecule has 0 aromatic rings. The molecule has 0 aromatic carbocycles. The van der Waals surface area contributed by atoms with E-state index in [9.17, 15) is 14.4 Å². The maximum Gasteiger partial charge on any atom is 0.308 e. The zero-order valence-corrected chi connectivity index (χ0v) is 14.2. The van der Waals surface area contributed by atoms with Gasteiger partial charge in [-0.05, 0) is 26.7 Å². The topological polar surface area (TPSA) is 86.7 Å². The fourth-order valence-electron chi connectivity index (χ4n) is 2.53. The number of hydrogen-bond donors (Lipinski definition) is 2. The molecule has 1 saturated heterocycles. The molecule has 0 bridgehead atoms. The van der Waals surface area contributed by atoms with E-state index in [0.29, 0.717) is 13.1 Å². The van der Waals surface area contributed by atoms with Crippen molar-refractivity contribution in [3.63, 3.8) is 0 Å². The lowest BCUT2D eigenvalue weighted by molar-refractivity contribution is -0.143. The number of aliphatic carboxylic acids is 1. The second-order valence-corrected chi connectivity index (χ2v) is 7.26. The Morgan fingerprint density at radius 2 is 1.82 bits per heavy atom. The van der Waals surface area contributed by atoms with Crippen LogP contribution in [-0.2, 0) is 14.4 Å². The lowest BCUT2D eigenvalue weighted by Crippen LogP contribution is -2.50. The molecule has 0 radical (unpaired) electrons. The van der Waals surface area contributed by atoms with Gasteiger partial charge in [0.2, 0.25) is 11.8 Å². The summed E-state index contributed by atoms with van der Waals surface area (Å²) in [4.78, 5) is 37.3. The number of amides is 2. The van der Waals surface area contributed by atoms with E-state index in [1.165, 1.54) is 0 Å². The second kappa shape index (κ2) is 7.11. The molecule has 3 atom stereocenters. The van der Waals surface area contributed by atoms with E-state index in [1.54, 1.807) is 18.7 Å². The van der Waals surface area contributed by atoms with Crippen molar-refractivity contribution in [1.29, 1.82) is 0 Å². The Kier molecular flexibility index (Phi) is 5.97. The Balaban J connectivity index is 2.63. The summed E-state index contributed by atoms with van der Waals surface area (Å²) in [6.45, 7) is 9.97. The molecule has 1 aliphatic heterocycles. The van der Waals surface area contributed by atoms with Crippen LogP contribution < -0.4 is 5.32 Å². The summed E-state index contributed by atoms with van der Waals surface area (Å²) < 4.78 is 0. The Morgan fingerprint density at radius 1 is 1.23 bits per heavy atom. The number of carboxylic acid groups (broad SMARTS) is 1. The van der Waals surface area contributed by atoms with Crippen LogP contribution in [-0.4, -0.2) is 46.9 Å². The van der Waals surface area contributed by atoms with Crippen LogP contribution in [0.4, 0.5) is 0 Å². The third-order valence-corrected chi connectivity index (χ3v) is 4.23. The predicted molar refractivity (Wildman–Crippen MR) is 83.2 cm³/mol. The van der Waals surface area contributed by atoms with Gasteiger partial charge in [0.1, 0.15) is 0 Å². The molecule has 3 unspecified atom stereocenters. The van der Waals surface area contributed by atoms with Gasteiger partial charge in [0.05, 0.1) is 11.8 Å². The van der Waals surface area contributed by atoms with E-state index >= 15 is 0 Å². The Morgan fingerprint density at radius 3 is 2.32 bits per heavy atom. The van der Waals surface area contributed by atoms with Gasteiger partial charge in [0.25, 0.3) is 0 Å². The zero-order valence-electron chi connectivity index (χ0n) is 14.2. The van der Waals surface area contributed by atoms with Crippen LogP contribution in [0.15, 0.2) is 0 Å². The van der Waals surface area contributed by atoms with E-state index < -0.39 is 23.3 Å². The van der Waals surface area contributed by atoms with Gasteiger partial charge in [-0.2, -0.15) is 0 Å². The molecule has 22 heavy (non-hydrogen) atoms. The number of hydrogen-bond acceptors (Lipinski definition) is 3. The molecule has 0 spiro atoms. The predicted octanol–water partition coefficient (Wildman–Crippen LogP) is 1.50. The summed E-state index contributed by atoms with van der Waals surface area (Å²) in [6, 6.07) is -0.432. The largest absolute Gasteiger partial charge is 0.481 e. The third kappa shape index (κ3) is 4.71. The van der Waals surface area contributed by atoms with Crippen molar-refractivity contribution in [3.8, 4) is 0 Å². The van der Waals surface area contributed by atoms with Gasteiger partial charge in [-0.25, -0.2) is 0 Å². The van der Waals surface area contributed by atoms with Crippen molar-refractivity contribution in [2.24, 2.45) is 17.3 Å². The minimum absolute atomic E-state index is 0.0527. The van der Waals surface area contributed by atoms with E-state index in [0.717, 1.165) is 12.8 Å². The standard InChI is InChI=1S/C16H28N2O4/c1-10(14(20)21)11(2)17-13(19)12-7-6-8-18(9-12)15(22)16(3,4)5/h10-12H,6-9H2,1-5H3,(H,17,19)(H,20,21). The molecule has 2 amide bonds. The van der Waals surface area contributed by atoms with Crippen LogP contribution in [0.2, 0.25) is 0 Å². The van der Waals surface area contributed by atoms with Crippen molar-refractivity contribution in [2.75, 3.05) is 13.1 Å². The highest BCUT2D eigenvalue weighted by Crippen LogP contribution is 2.23. The van der Waals surface area contributed by atoms with Crippen LogP contribution in [0.1, 0.15) is 47.5 Å². The van der Waals surface area contributed by atoms with Crippen LogP contribution in [0.3, 0.4) is 0 Å². The molecule has 1 aliphatic rings. The van der Waals surface area contributed by atoms with E-state index in [2.05, 4.69) is 5.32 Å². The highest BCUT2D eigenvalue weighted by molar-refractivity contribution is 5.84. The van der Waals surface area contributed by atoms with E-state index in [1.807, 2.05) is 20.8 Å². The molecule has 0 aliphatic carbocycles. The van der Waals surface area contributed by atoms with Crippen molar-refractivity contribution in [3.05, 3.63) is 0 Å². The van der Waals surface area contributed by atoms with Crippen molar-refractivity contribution >= 4 is 17.8 Å². The molecular formula is C16H28N2O4. The normalized spacial score (nSPS) is 21.9. The van der Waals surface area contributed by atoms with Gasteiger partial charge >= 0.3 is 5.97 Å². The molecule has 1 heterocycles. The Labute approximate surface area is 132 Å². The number of carbonyl (C=O) groups is 3. The van der Waals surface area contributed by atoms with Gasteiger partial charge in [-0.3, -0.25) is 14.4 Å². The molecule has 2 N–H and O–H groups in total. The number of likely N-dealkylation sites (tertiary alicyclic amines) is 1. The van der Waals surface area contributed by atoms with Gasteiger partial charge in [0, 0.05) is 24.5 Å². The second-order valence-electron chi connectivity index (χ2n) is 7.26. The molecule has 1 fully saturated rings. The fraction of sp³-hybridized carbons (Fsp3) is 0.812. The van der Waals surface area contributed by atoms with Crippen LogP contribution in [0.5, 0.6) is 0 Å². The van der Waals surface area contributed by atoms with Gasteiger partial charge in [0.15, 0.2) is 0 Å². The molecule has 0 aromatic heterocycles. The summed E-state index contributed by atoms with van der Waals surface area (Å²) in [7, 11) is 0. The summed E-state index contributed by atoms with van der Waals surface area (Å²) >= 11 is 0. The quantitative estimate of drug-likeness (QED) is 0.823. The molecule has 126 valence electrons. The maximum absolute atomic E-state index is 12.3. The minimum atomic E-state index is -0.930. The van der Waals surface area contributed by atoms with Crippen molar-refractivity contribution in [1.82, 2.24) is 10.2 Å². The monoisotopic (exact) mass is 312 g/mol. The highest BCUT2D eigenvalue weighted by atomic mass is 16.4. The number of nitrogens with zero attached hydrogens (tertiary/aromatic N) is 1. The summed E-state index contributed by atoms with van der Waals surface area (Å²) in [5.41, 5.74) is -0.455. The highest BCUT2D eigenvalue weighted by Gasteiger charge is 2.34. The minimum Gasteiger partial charge on any atom is -0.481 e. The fourth-order valence-corrected chi connectivity index (χ4v) is 2.53. The van der Waals surface area contributed by atoms with E-state index in [4.69, 9.17) is 5.11 Å². The third-order valence-electron chi connectivity index (χ3n) is 4.23. The summed E-state index contributed by atoms with van der Waals surface area (Å²) in [6.07, 6.45) is 1.52. The van der Waals surface area contributed by atoms with Gasteiger partial charge in [-0.1, -0.05) is 20.8 Å². The molecule has 6 nitrogen and oxygen atoms in total. The smallest absolute Gasteiger partial charge is 0.308 e. The first kappa shape index (κ1) is 18.5. The average molecular weight is 312 g/mol. The molecule has 0 saturated carbocycles. The number of piperidine rings is 1. The first-order chi connectivity index (χ1) is 10.0. The van der Waals surface area contributed by atoms with Crippen molar-refractivity contribution in [2.45, 2.75) is 53.5 Å². The van der Waals surface area contributed by atoms with Gasteiger partial charge < -0.3 is 15.3 Å². The number of carbonyl (C=O) groups excluding carboxylic acids is 2. The van der Waals surface area contributed by atoms with E-state index in [-0.39, 0.29) is 17.7 Å². The molecule has 1 rings (SSSR count). The Hall–Kier alpha value is -1.59. The zero-order chi connectivity index (χ0) is 17.1. The first-order valence-corrected chi connectivity index (χ1v) is 7.86. The number of nitrogens with one attached hydrogen (secondary N) is 1. The van der Waals surface area contributed by atoms with Crippen molar-refractivity contribution < 1.29 is 19.5 Å². The summed E-state index contributed by atoms with van der Waals surface area (Å²) in [5, 5.41) is 11.7. The molecule has 6 heteroatoms. The van der Waals surface area contributed by atoms with Crippen LogP contribution in [0, 0.1) is 17.3 Å². The van der Waals surface area contributed by atoms with Crippen LogP contribution >= 0.6 is 0 Å². The van der Waals surface area contributed by atoms with Gasteiger partial charge in [-0.15, -0.1) is 0 Å².